The third-order valence-corrected chi connectivity index (χ3v) is 4.02. The molecule has 1 saturated carbocycles. The summed E-state index contributed by atoms with van der Waals surface area (Å²) >= 11 is 0. The van der Waals surface area contributed by atoms with E-state index in [9.17, 15) is 9.59 Å². The molecule has 0 bridgehead atoms. The minimum absolute atomic E-state index is 0. The third-order valence-electron chi connectivity index (χ3n) is 4.02. The minimum Gasteiger partial charge on any atom is -0.326 e. The van der Waals surface area contributed by atoms with E-state index in [1.54, 1.807) is 24.3 Å². The summed E-state index contributed by atoms with van der Waals surface area (Å²) in [4.78, 5) is 23.5. The summed E-state index contributed by atoms with van der Waals surface area (Å²) in [6.45, 7) is 3.40. The zero-order valence-corrected chi connectivity index (χ0v) is 13.8. The lowest BCUT2D eigenvalue weighted by Gasteiger charge is -2.37. The second kappa shape index (κ2) is 7.61. The molecule has 6 heteroatoms. The topological polar surface area (TPSA) is 84.2 Å². The van der Waals surface area contributed by atoms with Crippen LogP contribution in [-0.2, 0) is 9.59 Å². The quantitative estimate of drug-likeness (QED) is 0.799. The summed E-state index contributed by atoms with van der Waals surface area (Å²) in [5.41, 5.74) is 7.15. The van der Waals surface area contributed by atoms with Crippen LogP contribution in [0, 0.1) is 5.92 Å². The Labute approximate surface area is 137 Å². The fourth-order valence-corrected chi connectivity index (χ4v) is 2.90. The molecule has 1 fully saturated rings. The van der Waals surface area contributed by atoms with Crippen molar-refractivity contribution in [2.24, 2.45) is 11.7 Å². The van der Waals surface area contributed by atoms with Gasteiger partial charge >= 0.3 is 0 Å². The maximum absolute atomic E-state index is 12.4. The predicted octanol–water partition coefficient (Wildman–Crippen LogP) is 2.91. The summed E-state index contributed by atoms with van der Waals surface area (Å²) in [6.07, 6.45) is 3.81. The number of nitrogens with two attached hydrogens (primary N) is 1. The third kappa shape index (κ3) is 4.71. The zero-order valence-electron chi connectivity index (χ0n) is 13.0. The first kappa shape index (κ1) is 18.5. The molecule has 0 radical (unpaired) electrons. The van der Waals surface area contributed by atoms with Crippen LogP contribution in [0.5, 0.6) is 0 Å². The van der Waals surface area contributed by atoms with Crippen LogP contribution in [0.25, 0.3) is 0 Å². The van der Waals surface area contributed by atoms with E-state index in [1.165, 1.54) is 6.92 Å². The van der Waals surface area contributed by atoms with Gasteiger partial charge in [-0.15, -0.1) is 12.4 Å². The van der Waals surface area contributed by atoms with Crippen LogP contribution >= 0.6 is 12.4 Å². The van der Waals surface area contributed by atoms with Crippen LogP contribution in [0.4, 0.5) is 11.4 Å². The van der Waals surface area contributed by atoms with Crippen molar-refractivity contribution in [3.8, 4) is 0 Å². The van der Waals surface area contributed by atoms with Crippen molar-refractivity contribution in [2.45, 2.75) is 45.1 Å². The van der Waals surface area contributed by atoms with E-state index >= 15 is 0 Å². The van der Waals surface area contributed by atoms with Gasteiger partial charge in [0.05, 0.1) is 5.92 Å². The fourth-order valence-electron chi connectivity index (χ4n) is 2.90. The standard InChI is InChI=1S/C16H23N3O2.ClH/c1-11(20)18-12-6-5-7-13(10-12)19-15(21)14-8-3-4-9-16(14,2)17;/h5-7,10,14H,3-4,8-9,17H2,1-2H3,(H,18,20)(H,19,21);1H. The second-order valence-electron chi connectivity index (χ2n) is 6.06. The Hall–Kier alpha value is -1.59. The molecule has 0 spiro atoms. The van der Waals surface area contributed by atoms with Gasteiger partial charge in [0.1, 0.15) is 0 Å². The van der Waals surface area contributed by atoms with E-state index in [1.807, 2.05) is 6.92 Å². The summed E-state index contributed by atoms with van der Waals surface area (Å²) in [5.74, 6) is -0.351. The van der Waals surface area contributed by atoms with E-state index < -0.39 is 5.54 Å². The number of rotatable bonds is 3. The molecule has 2 atom stereocenters. The summed E-state index contributed by atoms with van der Waals surface area (Å²) in [7, 11) is 0. The largest absolute Gasteiger partial charge is 0.326 e. The van der Waals surface area contributed by atoms with E-state index in [0.29, 0.717) is 11.4 Å². The van der Waals surface area contributed by atoms with E-state index in [-0.39, 0.29) is 30.1 Å². The molecule has 2 amide bonds. The summed E-state index contributed by atoms with van der Waals surface area (Å²) in [6, 6.07) is 7.13. The number of nitrogens with one attached hydrogen (secondary N) is 2. The van der Waals surface area contributed by atoms with Crippen molar-refractivity contribution in [3.63, 3.8) is 0 Å². The maximum atomic E-state index is 12.4. The Bertz CT molecular complexity index is 546. The highest BCUT2D eigenvalue weighted by atomic mass is 35.5. The molecule has 5 nitrogen and oxygen atoms in total. The molecule has 0 aliphatic heterocycles. The molecule has 1 aromatic rings. The van der Waals surface area contributed by atoms with E-state index in [4.69, 9.17) is 5.73 Å². The van der Waals surface area contributed by atoms with Gasteiger partial charge in [0.2, 0.25) is 11.8 Å². The number of hydrogen-bond acceptors (Lipinski definition) is 3. The molecule has 0 saturated heterocycles. The van der Waals surface area contributed by atoms with Gasteiger partial charge in [0.25, 0.3) is 0 Å². The Morgan fingerprint density at radius 3 is 2.45 bits per heavy atom. The van der Waals surface area contributed by atoms with Gasteiger partial charge in [0, 0.05) is 23.8 Å². The average molecular weight is 326 g/mol. The summed E-state index contributed by atoms with van der Waals surface area (Å²) in [5, 5.41) is 5.61. The molecule has 2 unspecified atom stereocenters. The molecular weight excluding hydrogens is 302 g/mol. The van der Waals surface area contributed by atoms with Crippen LogP contribution in [0.15, 0.2) is 24.3 Å². The molecule has 0 aromatic heterocycles. The SMILES string of the molecule is CC(=O)Nc1cccc(NC(=O)C2CCCCC2(C)N)c1.Cl. The number of carbonyl (C=O) groups is 2. The Balaban J connectivity index is 0.00000242. The normalized spacial score (nSPS) is 24.0. The molecule has 2 rings (SSSR count). The van der Waals surface area contributed by atoms with Gasteiger partial charge < -0.3 is 16.4 Å². The second-order valence-corrected chi connectivity index (χ2v) is 6.06. The van der Waals surface area contributed by atoms with Crippen LogP contribution in [0.2, 0.25) is 0 Å². The number of anilines is 2. The fraction of sp³-hybridized carbons (Fsp3) is 0.500. The molecule has 22 heavy (non-hydrogen) atoms. The highest BCUT2D eigenvalue weighted by Crippen LogP contribution is 2.32. The van der Waals surface area contributed by atoms with Crippen molar-refractivity contribution in [1.29, 1.82) is 0 Å². The van der Waals surface area contributed by atoms with Crippen LogP contribution in [0.3, 0.4) is 0 Å². The molecular formula is C16H24ClN3O2. The number of hydrogen-bond donors (Lipinski definition) is 3. The van der Waals surface area contributed by atoms with Gasteiger partial charge in [0.15, 0.2) is 0 Å². The van der Waals surface area contributed by atoms with Crippen LogP contribution in [0.1, 0.15) is 39.5 Å². The first-order chi connectivity index (χ1) is 9.88. The number of halogens is 1. The van der Waals surface area contributed by atoms with Gasteiger partial charge in [-0.1, -0.05) is 18.9 Å². The molecule has 122 valence electrons. The molecule has 1 aliphatic rings. The number of amides is 2. The monoisotopic (exact) mass is 325 g/mol. The lowest BCUT2D eigenvalue weighted by molar-refractivity contribution is -0.122. The number of carbonyl (C=O) groups excluding carboxylic acids is 2. The number of benzene rings is 1. The lowest BCUT2D eigenvalue weighted by Crippen LogP contribution is -2.51. The van der Waals surface area contributed by atoms with Crippen molar-refractivity contribution in [3.05, 3.63) is 24.3 Å². The molecule has 1 aliphatic carbocycles. The molecule has 0 heterocycles. The predicted molar refractivity (Wildman–Crippen MR) is 91.2 cm³/mol. The highest BCUT2D eigenvalue weighted by molar-refractivity contribution is 5.95. The average Bonchev–Trinajstić information content (AvgIpc) is 2.37. The first-order valence-corrected chi connectivity index (χ1v) is 7.36. The van der Waals surface area contributed by atoms with Crippen LogP contribution in [-0.4, -0.2) is 17.4 Å². The van der Waals surface area contributed by atoms with Gasteiger partial charge in [-0.2, -0.15) is 0 Å². The molecule has 4 N–H and O–H groups in total. The Kier molecular flexibility index (Phi) is 6.38. The Morgan fingerprint density at radius 1 is 1.23 bits per heavy atom. The Morgan fingerprint density at radius 2 is 1.86 bits per heavy atom. The summed E-state index contributed by atoms with van der Waals surface area (Å²) < 4.78 is 0. The van der Waals surface area contributed by atoms with Crippen molar-refractivity contribution < 1.29 is 9.59 Å². The van der Waals surface area contributed by atoms with Gasteiger partial charge in [-0.25, -0.2) is 0 Å². The zero-order chi connectivity index (χ0) is 15.5. The highest BCUT2D eigenvalue weighted by Gasteiger charge is 2.37. The maximum Gasteiger partial charge on any atom is 0.229 e. The van der Waals surface area contributed by atoms with E-state index in [2.05, 4.69) is 10.6 Å². The molecule has 1 aromatic carbocycles. The van der Waals surface area contributed by atoms with Gasteiger partial charge in [-0.05, 0) is 38.0 Å². The van der Waals surface area contributed by atoms with Crippen molar-refractivity contribution >= 4 is 35.6 Å². The lowest BCUT2D eigenvalue weighted by atomic mass is 9.74. The van der Waals surface area contributed by atoms with E-state index in [0.717, 1.165) is 25.7 Å². The first-order valence-electron chi connectivity index (χ1n) is 7.36. The smallest absolute Gasteiger partial charge is 0.229 e. The van der Waals surface area contributed by atoms with Crippen molar-refractivity contribution in [2.75, 3.05) is 10.6 Å². The minimum atomic E-state index is -0.447. The van der Waals surface area contributed by atoms with Gasteiger partial charge in [-0.3, -0.25) is 9.59 Å². The van der Waals surface area contributed by atoms with Crippen molar-refractivity contribution in [1.82, 2.24) is 0 Å². The van der Waals surface area contributed by atoms with Crippen LogP contribution < -0.4 is 16.4 Å².